The van der Waals surface area contributed by atoms with Gasteiger partial charge < -0.3 is 26.2 Å². The van der Waals surface area contributed by atoms with E-state index >= 15 is 0 Å². The average Bonchev–Trinajstić information content (AvgIpc) is 2.33. The minimum Gasteiger partial charge on any atom is -0.504 e. The van der Waals surface area contributed by atoms with Crippen molar-refractivity contribution in [2.24, 2.45) is 5.73 Å². The van der Waals surface area contributed by atoms with Crippen LogP contribution in [-0.4, -0.2) is 23.9 Å². The van der Waals surface area contributed by atoms with Crippen molar-refractivity contribution in [1.82, 2.24) is 10.6 Å². The molecule has 92 valence electrons. The molecule has 6 heteroatoms. The fourth-order valence-electron chi connectivity index (χ4n) is 1.56. The second-order valence-electron chi connectivity index (χ2n) is 3.68. The Hall–Kier alpha value is -1.59. The van der Waals surface area contributed by atoms with E-state index in [0.717, 1.165) is 11.3 Å². The van der Waals surface area contributed by atoms with Gasteiger partial charge in [-0.05, 0) is 18.2 Å². The summed E-state index contributed by atoms with van der Waals surface area (Å²) in [4.78, 5) is 0. The van der Waals surface area contributed by atoms with Crippen molar-refractivity contribution in [2.45, 2.75) is 11.7 Å². The normalized spacial score (nSPS) is 23.4. The smallest absolute Gasteiger partial charge is 0.161 e. The summed E-state index contributed by atoms with van der Waals surface area (Å²) in [6, 6.07) is 5.05. The quantitative estimate of drug-likeness (QED) is 0.463. The van der Waals surface area contributed by atoms with E-state index in [2.05, 4.69) is 10.6 Å². The number of halogens is 1. The Kier molecular flexibility index (Phi) is 3.31. The molecule has 2 unspecified atom stereocenters. The predicted molar refractivity (Wildman–Crippen MR) is 66.5 cm³/mol. The van der Waals surface area contributed by atoms with Crippen molar-refractivity contribution in [3.8, 4) is 11.5 Å². The molecule has 0 radical (unpaired) electrons. The zero-order valence-electron chi connectivity index (χ0n) is 9.27. The van der Waals surface area contributed by atoms with Gasteiger partial charge in [-0.15, -0.1) is 0 Å². The summed E-state index contributed by atoms with van der Waals surface area (Å²) in [5.74, 6) is 0.505. The summed E-state index contributed by atoms with van der Waals surface area (Å²) in [5.41, 5.74) is 6.94. The second kappa shape index (κ2) is 4.73. The molecule has 1 aliphatic rings. The van der Waals surface area contributed by atoms with E-state index in [0.29, 0.717) is 5.75 Å². The van der Waals surface area contributed by atoms with Crippen molar-refractivity contribution in [3.63, 3.8) is 0 Å². The van der Waals surface area contributed by atoms with E-state index in [1.54, 1.807) is 24.4 Å². The van der Waals surface area contributed by atoms with Gasteiger partial charge in [0.15, 0.2) is 11.5 Å². The number of aromatic hydroxyl groups is 1. The van der Waals surface area contributed by atoms with Crippen LogP contribution in [0.1, 0.15) is 5.56 Å². The molecular weight excluding hydrogens is 242 g/mol. The maximum atomic E-state index is 9.50. The monoisotopic (exact) mass is 255 g/mol. The highest BCUT2D eigenvalue weighted by atomic mass is 35.5. The molecule has 2 rings (SSSR count). The minimum absolute atomic E-state index is 0.0970. The van der Waals surface area contributed by atoms with Gasteiger partial charge in [-0.25, -0.2) is 0 Å². The molecule has 1 aromatic carbocycles. The first-order chi connectivity index (χ1) is 8.11. The van der Waals surface area contributed by atoms with Gasteiger partial charge in [0, 0.05) is 11.8 Å². The molecule has 0 aliphatic carbocycles. The van der Waals surface area contributed by atoms with Gasteiger partial charge in [0.05, 0.1) is 12.8 Å². The number of hydrogen-bond acceptors (Lipinski definition) is 5. The number of benzene rings is 1. The number of ether oxygens (including phenoxy) is 1. The zero-order valence-corrected chi connectivity index (χ0v) is 10.0. The zero-order chi connectivity index (χ0) is 12.4. The summed E-state index contributed by atoms with van der Waals surface area (Å²) >= 11 is 6.00. The second-order valence-corrected chi connectivity index (χ2v) is 4.15. The number of phenolic OH excluding ortho intramolecular Hbond substituents is 1. The van der Waals surface area contributed by atoms with Crippen LogP contribution in [0.2, 0.25) is 0 Å². The molecule has 0 saturated carbocycles. The van der Waals surface area contributed by atoms with Crippen LogP contribution in [0.3, 0.4) is 0 Å². The first-order valence-corrected chi connectivity index (χ1v) is 5.55. The summed E-state index contributed by atoms with van der Waals surface area (Å²) in [5, 5.41) is 15.5. The third kappa shape index (κ3) is 2.40. The number of rotatable bonds is 2. The molecule has 0 fully saturated rings. The van der Waals surface area contributed by atoms with Gasteiger partial charge in [0.25, 0.3) is 0 Å². The molecular formula is C11H14ClN3O2. The van der Waals surface area contributed by atoms with Crippen LogP contribution in [0, 0.1) is 0 Å². The van der Waals surface area contributed by atoms with Crippen molar-refractivity contribution in [3.05, 3.63) is 30.0 Å². The van der Waals surface area contributed by atoms with Crippen molar-refractivity contribution in [2.75, 3.05) is 7.11 Å². The lowest BCUT2D eigenvalue weighted by Gasteiger charge is -2.27. The van der Waals surface area contributed by atoms with E-state index in [-0.39, 0.29) is 11.9 Å². The molecule has 5 N–H and O–H groups in total. The molecule has 0 spiro atoms. The summed E-state index contributed by atoms with van der Waals surface area (Å²) < 4.78 is 5.04. The first kappa shape index (κ1) is 11.9. The largest absolute Gasteiger partial charge is 0.504 e. The van der Waals surface area contributed by atoms with E-state index in [1.165, 1.54) is 7.11 Å². The molecule has 1 aromatic rings. The number of methoxy groups -OCH3 is 1. The molecule has 17 heavy (non-hydrogen) atoms. The van der Waals surface area contributed by atoms with Crippen molar-refractivity contribution < 1.29 is 9.84 Å². The fraction of sp³-hybridized carbons (Fsp3) is 0.273. The number of nitrogens with one attached hydrogen (secondary N) is 2. The van der Waals surface area contributed by atoms with E-state index in [1.807, 2.05) is 0 Å². The van der Waals surface area contributed by atoms with Gasteiger partial charge >= 0.3 is 0 Å². The lowest BCUT2D eigenvalue weighted by atomic mass is 10.1. The highest BCUT2D eigenvalue weighted by Gasteiger charge is 2.20. The van der Waals surface area contributed by atoms with E-state index < -0.39 is 5.50 Å². The molecule has 1 heterocycles. The minimum atomic E-state index is -0.394. The highest BCUT2D eigenvalue weighted by Crippen LogP contribution is 2.29. The Labute approximate surface area is 104 Å². The Morgan fingerprint density at radius 1 is 1.47 bits per heavy atom. The van der Waals surface area contributed by atoms with Crippen LogP contribution in [0.4, 0.5) is 0 Å². The third-order valence-corrected chi connectivity index (χ3v) is 2.90. The Morgan fingerprint density at radius 3 is 2.88 bits per heavy atom. The molecule has 5 nitrogen and oxygen atoms in total. The van der Waals surface area contributed by atoms with Crippen LogP contribution in [0.15, 0.2) is 24.4 Å². The topological polar surface area (TPSA) is 79.5 Å². The lowest BCUT2D eigenvalue weighted by molar-refractivity contribution is 0.373. The highest BCUT2D eigenvalue weighted by molar-refractivity contribution is 6.21. The standard InChI is InChI=1S/C11H14ClN3O2/c1-17-9-4-6(2-3-8(9)16)7-5-14-11(13)10(12)15-7/h2-5,10-11,14-16H,13H2,1H3. The molecule has 0 saturated heterocycles. The lowest BCUT2D eigenvalue weighted by Crippen LogP contribution is -2.51. The molecule has 1 aliphatic heterocycles. The van der Waals surface area contributed by atoms with Gasteiger partial charge in [0.2, 0.25) is 0 Å². The average molecular weight is 256 g/mol. The Bertz CT molecular complexity index is 450. The third-order valence-electron chi connectivity index (χ3n) is 2.52. The molecule has 0 bridgehead atoms. The molecule has 0 aromatic heterocycles. The number of alkyl halides is 1. The van der Waals surface area contributed by atoms with Gasteiger partial charge in [-0.1, -0.05) is 11.6 Å². The molecule has 0 amide bonds. The maximum absolute atomic E-state index is 9.50. The number of hydrogen-bond donors (Lipinski definition) is 4. The molecule has 2 atom stereocenters. The van der Waals surface area contributed by atoms with E-state index in [9.17, 15) is 5.11 Å². The number of phenols is 1. The van der Waals surface area contributed by atoms with Crippen LogP contribution in [-0.2, 0) is 0 Å². The maximum Gasteiger partial charge on any atom is 0.161 e. The fourth-order valence-corrected chi connectivity index (χ4v) is 1.75. The van der Waals surface area contributed by atoms with Crippen molar-refractivity contribution in [1.29, 1.82) is 0 Å². The van der Waals surface area contributed by atoms with Crippen LogP contribution in [0.25, 0.3) is 5.70 Å². The predicted octanol–water partition coefficient (Wildman–Crippen LogP) is 0.742. The SMILES string of the molecule is COc1cc(C2=CNC(N)C(Cl)N2)ccc1O. The number of nitrogens with two attached hydrogens (primary N) is 1. The Balaban J connectivity index is 2.29. The summed E-state index contributed by atoms with van der Waals surface area (Å²) in [6.45, 7) is 0. The van der Waals surface area contributed by atoms with Gasteiger partial charge in [-0.3, -0.25) is 0 Å². The Morgan fingerprint density at radius 2 is 2.24 bits per heavy atom. The summed E-state index contributed by atoms with van der Waals surface area (Å²) in [6.07, 6.45) is 1.41. The first-order valence-electron chi connectivity index (χ1n) is 5.11. The van der Waals surface area contributed by atoms with E-state index in [4.69, 9.17) is 22.1 Å². The van der Waals surface area contributed by atoms with Gasteiger partial charge in [-0.2, -0.15) is 0 Å². The van der Waals surface area contributed by atoms with Gasteiger partial charge in [0.1, 0.15) is 11.7 Å². The summed E-state index contributed by atoms with van der Waals surface area (Å²) in [7, 11) is 1.50. The van der Waals surface area contributed by atoms with Crippen molar-refractivity contribution >= 4 is 17.3 Å². The van der Waals surface area contributed by atoms with Crippen LogP contribution >= 0.6 is 11.6 Å². The van der Waals surface area contributed by atoms with Crippen LogP contribution in [0.5, 0.6) is 11.5 Å². The van der Waals surface area contributed by atoms with Crippen LogP contribution < -0.4 is 21.1 Å².